The van der Waals surface area contributed by atoms with Crippen LogP contribution >= 0.6 is 0 Å². The van der Waals surface area contributed by atoms with Crippen molar-refractivity contribution in [3.8, 4) is 0 Å². The molecule has 1 heteroatoms. The van der Waals surface area contributed by atoms with Gasteiger partial charge in [-0.2, -0.15) is 0 Å². The van der Waals surface area contributed by atoms with Crippen LogP contribution in [0.3, 0.4) is 0 Å². The van der Waals surface area contributed by atoms with E-state index in [9.17, 15) is 0 Å². The van der Waals surface area contributed by atoms with E-state index in [2.05, 4.69) is 27.7 Å². The highest BCUT2D eigenvalue weighted by molar-refractivity contribution is 4.79. The van der Waals surface area contributed by atoms with Crippen LogP contribution in [-0.4, -0.2) is 12.7 Å². The van der Waals surface area contributed by atoms with Gasteiger partial charge in [-0.3, -0.25) is 0 Å². The Hall–Kier alpha value is -0.0400. The molecule has 1 rings (SSSR count). The van der Waals surface area contributed by atoms with Gasteiger partial charge in [0.15, 0.2) is 0 Å². The van der Waals surface area contributed by atoms with Gasteiger partial charge in [-0.05, 0) is 30.6 Å². The average molecular weight is 170 g/mol. The van der Waals surface area contributed by atoms with E-state index in [-0.39, 0.29) is 0 Å². The monoisotopic (exact) mass is 170 g/mol. The van der Waals surface area contributed by atoms with Crippen LogP contribution in [0.25, 0.3) is 0 Å². The third-order valence-electron chi connectivity index (χ3n) is 3.05. The van der Waals surface area contributed by atoms with Gasteiger partial charge in [0, 0.05) is 6.61 Å². The topological polar surface area (TPSA) is 9.23 Å². The summed E-state index contributed by atoms with van der Waals surface area (Å²) in [5.41, 5.74) is 0.469. The summed E-state index contributed by atoms with van der Waals surface area (Å²) >= 11 is 0. The largest absolute Gasteiger partial charge is 0.378 e. The molecule has 0 aromatic heterocycles. The second kappa shape index (κ2) is 3.78. The third-order valence-corrected chi connectivity index (χ3v) is 3.05. The van der Waals surface area contributed by atoms with Crippen LogP contribution in [0, 0.1) is 11.3 Å². The van der Waals surface area contributed by atoms with Crippen molar-refractivity contribution in [1.82, 2.24) is 0 Å². The molecule has 2 atom stereocenters. The van der Waals surface area contributed by atoms with E-state index in [1.54, 1.807) is 0 Å². The normalized spacial score (nSPS) is 32.0. The molecule has 1 fully saturated rings. The van der Waals surface area contributed by atoms with Gasteiger partial charge in [0.2, 0.25) is 0 Å². The number of hydrogen-bond acceptors (Lipinski definition) is 1. The lowest BCUT2D eigenvalue weighted by atomic mass is 9.74. The highest BCUT2D eigenvalue weighted by atomic mass is 16.5. The van der Waals surface area contributed by atoms with Crippen molar-refractivity contribution in [3.05, 3.63) is 0 Å². The van der Waals surface area contributed by atoms with Gasteiger partial charge in [0.05, 0.1) is 6.10 Å². The van der Waals surface area contributed by atoms with E-state index in [0.29, 0.717) is 11.5 Å². The molecule has 0 aromatic rings. The maximum Gasteiger partial charge on any atom is 0.0575 e. The van der Waals surface area contributed by atoms with Crippen molar-refractivity contribution in [2.75, 3.05) is 6.61 Å². The molecule has 1 nitrogen and oxygen atoms in total. The molecule has 0 N–H and O–H groups in total. The fraction of sp³-hybridized carbons (Fsp3) is 1.00. The Morgan fingerprint density at radius 3 is 2.50 bits per heavy atom. The Morgan fingerprint density at radius 2 is 2.00 bits per heavy atom. The van der Waals surface area contributed by atoms with Crippen LogP contribution in [0.1, 0.15) is 47.0 Å². The Balaban J connectivity index is 2.46. The summed E-state index contributed by atoms with van der Waals surface area (Å²) in [5.74, 6) is 0.858. The zero-order chi connectivity index (χ0) is 9.19. The zero-order valence-corrected chi connectivity index (χ0v) is 8.89. The SMILES string of the molecule is CCC1CC(C(C)(C)C)CCO1. The number of hydrogen-bond donors (Lipinski definition) is 0. The van der Waals surface area contributed by atoms with Crippen LogP contribution in [-0.2, 0) is 4.74 Å². The van der Waals surface area contributed by atoms with Crippen LogP contribution < -0.4 is 0 Å². The molecule has 72 valence electrons. The Bertz CT molecular complexity index is 134. The predicted octanol–water partition coefficient (Wildman–Crippen LogP) is 3.24. The first-order valence-electron chi connectivity index (χ1n) is 5.15. The zero-order valence-electron chi connectivity index (χ0n) is 8.89. The first-order chi connectivity index (χ1) is 5.54. The average Bonchev–Trinajstić information content (AvgIpc) is 2.03. The molecule has 0 radical (unpaired) electrons. The Morgan fingerprint density at radius 1 is 1.33 bits per heavy atom. The van der Waals surface area contributed by atoms with Crippen molar-refractivity contribution in [1.29, 1.82) is 0 Å². The van der Waals surface area contributed by atoms with Crippen molar-refractivity contribution < 1.29 is 4.74 Å². The second-order valence-electron chi connectivity index (χ2n) is 4.99. The quantitative estimate of drug-likeness (QED) is 0.587. The molecular weight excluding hydrogens is 148 g/mol. The summed E-state index contributed by atoms with van der Waals surface area (Å²) in [4.78, 5) is 0. The van der Waals surface area contributed by atoms with E-state index >= 15 is 0 Å². The number of rotatable bonds is 1. The molecule has 0 spiro atoms. The van der Waals surface area contributed by atoms with Gasteiger partial charge >= 0.3 is 0 Å². The van der Waals surface area contributed by atoms with Gasteiger partial charge in [-0.1, -0.05) is 27.7 Å². The summed E-state index contributed by atoms with van der Waals surface area (Å²) in [5, 5.41) is 0. The minimum atomic E-state index is 0.469. The first kappa shape index (κ1) is 10.0. The van der Waals surface area contributed by atoms with Crippen LogP contribution in [0.15, 0.2) is 0 Å². The third kappa shape index (κ3) is 2.48. The fourth-order valence-electron chi connectivity index (χ4n) is 1.95. The molecule has 2 unspecified atom stereocenters. The first-order valence-corrected chi connectivity index (χ1v) is 5.15. The minimum Gasteiger partial charge on any atom is -0.378 e. The van der Waals surface area contributed by atoms with E-state index in [1.807, 2.05) is 0 Å². The van der Waals surface area contributed by atoms with E-state index in [1.165, 1.54) is 19.3 Å². The standard InChI is InChI=1S/C11H22O/c1-5-10-8-9(6-7-12-10)11(2,3)4/h9-10H,5-8H2,1-4H3. The van der Waals surface area contributed by atoms with Gasteiger partial charge in [-0.25, -0.2) is 0 Å². The predicted molar refractivity (Wildman–Crippen MR) is 52.2 cm³/mol. The summed E-state index contributed by atoms with van der Waals surface area (Å²) < 4.78 is 5.65. The molecule has 1 aliphatic rings. The summed E-state index contributed by atoms with van der Waals surface area (Å²) in [6, 6.07) is 0. The summed E-state index contributed by atoms with van der Waals surface area (Å²) in [6.07, 6.45) is 4.22. The molecule has 1 saturated heterocycles. The lowest BCUT2D eigenvalue weighted by molar-refractivity contribution is -0.0359. The molecule has 1 heterocycles. The molecule has 0 aliphatic carbocycles. The number of ether oxygens (including phenoxy) is 1. The lowest BCUT2D eigenvalue weighted by Gasteiger charge is -2.37. The molecular formula is C11H22O. The molecule has 0 bridgehead atoms. The van der Waals surface area contributed by atoms with Crippen molar-refractivity contribution in [3.63, 3.8) is 0 Å². The van der Waals surface area contributed by atoms with Gasteiger partial charge in [-0.15, -0.1) is 0 Å². The minimum absolute atomic E-state index is 0.469. The molecule has 0 aromatic carbocycles. The molecule has 0 saturated carbocycles. The van der Waals surface area contributed by atoms with E-state index < -0.39 is 0 Å². The lowest BCUT2D eigenvalue weighted by Crippen LogP contribution is -2.32. The van der Waals surface area contributed by atoms with Gasteiger partial charge < -0.3 is 4.74 Å². The van der Waals surface area contributed by atoms with Crippen molar-refractivity contribution >= 4 is 0 Å². The smallest absolute Gasteiger partial charge is 0.0575 e. The highest BCUT2D eigenvalue weighted by Gasteiger charge is 2.30. The van der Waals surface area contributed by atoms with Crippen LogP contribution in [0.5, 0.6) is 0 Å². The van der Waals surface area contributed by atoms with Crippen LogP contribution in [0.4, 0.5) is 0 Å². The maximum absolute atomic E-state index is 5.65. The van der Waals surface area contributed by atoms with Crippen molar-refractivity contribution in [2.45, 2.75) is 53.1 Å². The fourth-order valence-corrected chi connectivity index (χ4v) is 1.95. The second-order valence-corrected chi connectivity index (χ2v) is 4.99. The van der Waals surface area contributed by atoms with Crippen molar-refractivity contribution in [2.24, 2.45) is 11.3 Å². The molecule has 1 aliphatic heterocycles. The summed E-state index contributed by atoms with van der Waals surface area (Å²) in [6.45, 7) is 10.2. The van der Waals surface area contributed by atoms with Gasteiger partial charge in [0.1, 0.15) is 0 Å². The Labute approximate surface area is 76.5 Å². The summed E-state index contributed by atoms with van der Waals surface area (Å²) in [7, 11) is 0. The van der Waals surface area contributed by atoms with E-state index in [0.717, 1.165) is 12.5 Å². The highest BCUT2D eigenvalue weighted by Crippen LogP contribution is 2.36. The van der Waals surface area contributed by atoms with E-state index in [4.69, 9.17) is 4.74 Å². The maximum atomic E-state index is 5.65. The molecule has 12 heavy (non-hydrogen) atoms. The van der Waals surface area contributed by atoms with Crippen LogP contribution in [0.2, 0.25) is 0 Å². The molecule has 0 amide bonds. The van der Waals surface area contributed by atoms with Gasteiger partial charge in [0.25, 0.3) is 0 Å². The Kier molecular flexibility index (Phi) is 3.16.